The number of amides is 1. The number of para-hydroxylation sites is 2. The van der Waals surface area contributed by atoms with E-state index in [9.17, 15) is 9.59 Å². The molecule has 1 aromatic heterocycles. The van der Waals surface area contributed by atoms with E-state index in [-0.39, 0.29) is 24.3 Å². The lowest BCUT2D eigenvalue weighted by molar-refractivity contribution is -0.143. The highest BCUT2D eigenvalue weighted by Gasteiger charge is 2.20. The molecule has 158 valence electrons. The molecule has 0 atom stereocenters. The van der Waals surface area contributed by atoms with Gasteiger partial charge in [-0.25, -0.2) is 4.98 Å². The minimum atomic E-state index is -0.234. The first-order valence-corrected chi connectivity index (χ1v) is 11.1. The van der Waals surface area contributed by atoms with Crippen LogP contribution in [0.25, 0.3) is 11.0 Å². The average Bonchev–Trinajstić information content (AvgIpc) is 3.08. The van der Waals surface area contributed by atoms with Crippen molar-refractivity contribution < 1.29 is 14.3 Å². The maximum absolute atomic E-state index is 12.2. The fourth-order valence-corrected chi connectivity index (χ4v) is 4.13. The van der Waals surface area contributed by atoms with Gasteiger partial charge in [0.05, 0.1) is 17.6 Å². The van der Waals surface area contributed by atoms with Gasteiger partial charge in [-0.1, -0.05) is 37.8 Å². The van der Waals surface area contributed by atoms with Crippen LogP contribution in [0, 0.1) is 5.92 Å². The minimum Gasteiger partial charge on any atom is -0.465 e. The predicted molar refractivity (Wildman–Crippen MR) is 114 cm³/mol. The van der Waals surface area contributed by atoms with Crippen LogP contribution >= 0.6 is 0 Å². The van der Waals surface area contributed by atoms with Crippen molar-refractivity contribution in [1.29, 1.82) is 0 Å². The fourth-order valence-electron chi connectivity index (χ4n) is 4.13. The molecular weight excluding hydrogens is 366 g/mol. The van der Waals surface area contributed by atoms with Crippen LogP contribution in [-0.2, 0) is 27.3 Å². The van der Waals surface area contributed by atoms with Gasteiger partial charge in [0, 0.05) is 18.9 Å². The number of imidazole rings is 1. The van der Waals surface area contributed by atoms with Gasteiger partial charge in [-0.2, -0.15) is 0 Å². The molecule has 0 saturated heterocycles. The van der Waals surface area contributed by atoms with E-state index in [0.717, 1.165) is 61.9 Å². The molecule has 0 unspecified atom stereocenters. The number of esters is 1. The molecule has 0 bridgehead atoms. The Morgan fingerprint density at radius 3 is 2.72 bits per heavy atom. The number of nitrogens with zero attached hydrogens (tertiary/aromatic N) is 2. The van der Waals surface area contributed by atoms with Crippen LogP contribution in [0.15, 0.2) is 24.3 Å². The Hall–Kier alpha value is -2.37. The summed E-state index contributed by atoms with van der Waals surface area (Å²) in [5, 5.41) is 3.10. The molecule has 6 nitrogen and oxygen atoms in total. The molecule has 0 aliphatic heterocycles. The Morgan fingerprint density at radius 2 is 1.93 bits per heavy atom. The SMILES string of the molecule is CCOC(=O)Cn1c(CCCCCNC(=O)C2CCCCC2)nc2ccccc21. The van der Waals surface area contributed by atoms with Crippen LogP contribution in [0.5, 0.6) is 0 Å². The molecule has 1 N–H and O–H groups in total. The van der Waals surface area contributed by atoms with E-state index in [1.165, 1.54) is 19.3 Å². The molecule has 1 aliphatic rings. The third kappa shape index (κ3) is 6.05. The predicted octanol–water partition coefficient (Wildman–Crippen LogP) is 4.01. The normalized spacial score (nSPS) is 14.8. The molecule has 29 heavy (non-hydrogen) atoms. The Labute approximate surface area is 173 Å². The van der Waals surface area contributed by atoms with Crippen molar-refractivity contribution in [3.05, 3.63) is 30.1 Å². The van der Waals surface area contributed by atoms with Crippen molar-refractivity contribution in [1.82, 2.24) is 14.9 Å². The van der Waals surface area contributed by atoms with E-state index in [4.69, 9.17) is 9.72 Å². The summed E-state index contributed by atoms with van der Waals surface area (Å²) < 4.78 is 7.09. The van der Waals surface area contributed by atoms with E-state index < -0.39 is 0 Å². The van der Waals surface area contributed by atoms with Gasteiger partial charge in [-0.15, -0.1) is 0 Å². The molecule has 3 rings (SSSR count). The van der Waals surface area contributed by atoms with Gasteiger partial charge < -0.3 is 14.6 Å². The first kappa shape index (κ1) is 21.3. The number of nitrogens with one attached hydrogen (secondary N) is 1. The quantitative estimate of drug-likeness (QED) is 0.484. The van der Waals surface area contributed by atoms with Crippen molar-refractivity contribution in [2.75, 3.05) is 13.2 Å². The average molecular weight is 400 g/mol. The number of carbonyl (C=O) groups is 2. The smallest absolute Gasteiger partial charge is 0.326 e. The van der Waals surface area contributed by atoms with Crippen LogP contribution in [0.1, 0.15) is 64.1 Å². The van der Waals surface area contributed by atoms with Gasteiger partial charge in [0.15, 0.2) is 0 Å². The molecule has 1 aromatic carbocycles. The number of benzene rings is 1. The summed E-state index contributed by atoms with van der Waals surface area (Å²) in [4.78, 5) is 28.9. The summed E-state index contributed by atoms with van der Waals surface area (Å²) in [6, 6.07) is 7.89. The van der Waals surface area contributed by atoms with Gasteiger partial charge in [0.25, 0.3) is 0 Å². The number of carbonyl (C=O) groups excluding carboxylic acids is 2. The Morgan fingerprint density at radius 1 is 1.14 bits per heavy atom. The van der Waals surface area contributed by atoms with Gasteiger partial charge in [-0.05, 0) is 44.7 Å². The zero-order valence-corrected chi connectivity index (χ0v) is 17.5. The molecule has 1 aliphatic carbocycles. The summed E-state index contributed by atoms with van der Waals surface area (Å²) in [6.45, 7) is 3.14. The third-order valence-corrected chi connectivity index (χ3v) is 5.68. The lowest BCUT2D eigenvalue weighted by atomic mass is 9.89. The summed E-state index contributed by atoms with van der Waals surface area (Å²) in [5.41, 5.74) is 1.88. The van der Waals surface area contributed by atoms with E-state index in [0.29, 0.717) is 6.61 Å². The lowest BCUT2D eigenvalue weighted by Gasteiger charge is -2.20. The molecule has 6 heteroatoms. The molecule has 1 heterocycles. The first-order valence-electron chi connectivity index (χ1n) is 11.1. The Balaban J connectivity index is 1.46. The number of fused-ring (bicyclic) bond motifs is 1. The molecule has 1 fully saturated rings. The molecule has 1 saturated carbocycles. The second-order valence-corrected chi connectivity index (χ2v) is 7.84. The van der Waals surface area contributed by atoms with Crippen molar-refractivity contribution >= 4 is 22.9 Å². The number of hydrogen-bond acceptors (Lipinski definition) is 4. The van der Waals surface area contributed by atoms with Gasteiger partial charge in [0.1, 0.15) is 12.4 Å². The summed E-state index contributed by atoms with van der Waals surface area (Å²) in [5.74, 6) is 1.15. The van der Waals surface area contributed by atoms with E-state index >= 15 is 0 Å². The number of aryl methyl sites for hydroxylation is 1. The van der Waals surface area contributed by atoms with Crippen LogP contribution in [0.2, 0.25) is 0 Å². The summed E-state index contributed by atoms with van der Waals surface area (Å²) in [7, 11) is 0. The van der Waals surface area contributed by atoms with E-state index in [2.05, 4.69) is 5.32 Å². The highest BCUT2D eigenvalue weighted by Crippen LogP contribution is 2.23. The van der Waals surface area contributed by atoms with Gasteiger partial charge in [0.2, 0.25) is 5.91 Å². The van der Waals surface area contributed by atoms with Crippen molar-refractivity contribution in [3.8, 4) is 0 Å². The lowest BCUT2D eigenvalue weighted by Crippen LogP contribution is -2.32. The molecule has 0 radical (unpaired) electrons. The number of rotatable bonds is 10. The van der Waals surface area contributed by atoms with Crippen molar-refractivity contribution in [2.45, 2.75) is 71.3 Å². The first-order chi connectivity index (χ1) is 14.2. The topological polar surface area (TPSA) is 73.2 Å². The maximum Gasteiger partial charge on any atom is 0.326 e. The van der Waals surface area contributed by atoms with Crippen molar-refractivity contribution in [3.63, 3.8) is 0 Å². The number of aromatic nitrogens is 2. The molecule has 0 spiro atoms. The van der Waals surface area contributed by atoms with Gasteiger partial charge in [-0.3, -0.25) is 9.59 Å². The highest BCUT2D eigenvalue weighted by molar-refractivity contribution is 5.79. The van der Waals surface area contributed by atoms with Crippen LogP contribution in [-0.4, -0.2) is 34.6 Å². The third-order valence-electron chi connectivity index (χ3n) is 5.68. The monoisotopic (exact) mass is 399 g/mol. The zero-order valence-electron chi connectivity index (χ0n) is 17.5. The largest absolute Gasteiger partial charge is 0.465 e. The number of hydrogen-bond donors (Lipinski definition) is 1. The van der Waals surface area contributed by atoms with E-state index in [1.54, 1.807) is 0 Å². The zero-order chi connectivity index (χ0) is 20.5. The van der Waals surface area contributed by atoms with Crippen molar-refractivity contribution in [2.24, 2.45) is 5.92 Å². The van der Waals surface area contributed by atoms with Crippen LogP contribution in [0.4, 0.5) is 0 Å². The summed E-state index contributed by atoms with van der Waals surface area (Å²) in [6.07, 6.45) is 9.51. The second kappa shape index (κ2) is 11.0. The number of unbranched alkanes of at least 4 members (excludes halogenated alkanes) is 2. The minimum absolute atomic E-state index is 0.196. The Bertz CT molecular complexity index is 809. The van der Waals surface area contributed by atoms with Gasteiger partial charge >= 0.3 is 5.97 Å². The second-order valence-electron chi connectivity index (χ2n) is 7.84. The molecular formula is C23H33N3O3. The van der Waals surface area contributed by atoms with Crippen LogP contribution < -0.4 is 5.32 Å². The number of ether oxygens (including phenoxy) is 1. The molecule has 1 amide bonds. The highest BCUT2D eigenvalue weighted by atomic mass is 16.5. The van der Waals surface area contributed by atoms with E-state index in [1.807, 2.05) is 35.8 Å². The fraction of sp³-hybridized carbons (Fsp3) is 0.609. The maximum atomic E-state index is 12.2. The molecule has 2 aromatic rings. The summed E-state index contributed by atoms with van der Waals surface area (Å²) >= 11 is 0. The van der Waals surface area contributed by atoms with Crippen LogP contribution in [0.3, 0.4) is 0 Å². The standard InChI is InChI=1S/C23H33N3O3/c1-2-29-22(27)17-26-20-14-9-8-13-19(20)25-21(26)15-7-4-10-16-24-23(28)18-11-5-3-6-12-18/h8-9,13-14,18H,2-7,10-12,15-17H2,1H3,(H,24,28). The Kier molecular flexibility index (Phi) is 8.08.